The molecule has 4 nitrogen and oxygen atoms in total. The molecule has 1 aromatic carbocycles. The second kappa shape index (κ2) is 6.87. The Morgan fingerprint density at radius 1 is 1.24 bits per heavy atom. The maximum absolute atomic E-state index is 12.7. The van der Waals surface area contributed by atoms with Gasteiger partial charge in [0.05, 0.1) is 17.8 Å². The summed E-state index contributed by atoms with van der Waals surface area (Å²) in [5.41, 5.74) is 2.81. The van der Waals surface area contributed by atoms with Gasteiger partial charge in [0, 0.05) is 23.7 Å². The van der Waals surface area contributed by atoms with Crippen LogP contribution < -0.4 is 10.6 Å². The van der Waals surface area contributed by atoms with E-state index in [1.54, 1.807) is 0 Å². The largest absolute Gasteiger partial charge is 0.375 e. The number of benzene rings is 1. The van der Waals surface area contributed by atoms with Gasteiger partial charge < -0.3 is 10.6 Å². The number of nitrogens with zero attached hydrogens (tertiary/aromatic N) is 1. The predicted octanol–water partition coefficient (Wildman–Crippen LogP) is 3.47. The molecule has 2 heterocycles. The molecular weight excluding hydrogens is 310 g/mol. The van der Waals surface area contributed by atoms with E-state index in [9.17, 15) is 4.79 Å². The molecule has 1 aromatic rings. The lowest BCUT2D eigenvalue weighted by atomic mass is 9.88. The van der Waals surface area contributed by atoms with Crippen LogP contribution in [-0.4, -0.2) is 24.2 Å². The topological polar surface area (TPSA) is 53.5 Å². The highest BCUT2D eigenvalue weighted by atomic mass is 16.2. The number of allylic oxidation sites excluding steroid dienone is 1. The number of carbonyl (C=O) groups excluding carboxylic acids is 1. The van der Waals surface area contributed by atoms with E-state index in [0.29, 0.717) is 17.5 Å². The number of hydrogen-bond donors (Lipinski definition) is 2. The van der Waals surface area contributed by atoms with Crippen molar-refractivity contribution >= 4 is 17.8 Å². The molecule has 2 aliphatic heterocycles. The highest BCUT2D eigenvalue weighted by molar-refractivity contribution is 6.03. The van der Waals surface area contributed by atoms with Crippen molar-refractivity contribution in [1.82, 2.24) is 5.32 Å². The number of rotatable bonds is 3. The number of aryl methyl sites for hydroxylation is 1. The van der Waals surface area contributed by atoms with Crippen LogP contribution in [0.3, 0.4) is 0 Å². The number of aliphatic imine (C=N–C) groups is 1. The fourth-order valence-electron chi connectivity index (χ4n) is 4.20. The van der Waals surface area contributed by atoms with E-state index in [1.165, 1.54) is 18.4 Å². The van der Waals surface area contributed by atoms with E-state index in [0.717, 1.165) is 18.5 Å². The summed E-state index contributed by atoms with van der Waals surface area (Å²) < 4.78 is 0. The number of amides is 1. The average molecular weight is 335 g/mol. The monoisotopic (exact) mass is 335 g/mol. The third-order valence-electron chi connectivity index (χ3n) is 5.61. The third-order valence-corrected chi connectivity index (χ3v) is 5.61. The van der Waals surface area contributed by atoms with Gasteiger partial charge in [-0.15, -0.1) is 0 Å². The fraction of sp³-hybridized carbons (Fsp3) is 0.429. The van der Waals surface area contributed by atoms with Crippen LogP contribution >= 0.6 is 0 Å². The van der Waals surface area contributed by atoms with Crippen molar-refractivity contribution in [2.45, 2.75) is 44.7 Å². The van der Waals surface area contributed by atoms with Crippen molar-refractivity contribution in [2.75, 3.05) is 5.32 Å². The highest BCUT2D eigenvalue weighted by Crippen LogP contribution is 2.36. The van der Waals surface area contributed by atoms with E-state index >= 15 is 0 Å². The second-order valence-corrected chi connectivity index (χ2v) is 7.19. The standard InChI is InChI=1S/C21H25N3O/c1-2-14-8-10-17(11-9-14)23-21(25)18-13-16-6-3-5-15-7-4-12-22-19(15)20(16)24-18/h4,7-13,15-16,19-20,24H,2-3,5-6H2,1H3,(H,23,25). The van der Waals surface area contributed by atoms with Gasteiger partial charge in [0.1, 0.15) is 0 Å². The first-order valence-corrected chi connectivity index (χ1v) is 9.33. The summed E-state index contributed by atoms with van der Waals surface area (Å²) in [5, 5.41) is 6.49. The first-order valence-electron chi connectivity index (χ1n) is 9.33. The smallest absolute Gasteiger partial charge is 0.271 e. The first kappa shape index (κ1) is 16.1. The summed E-state index contributed by atoms with van der Waals surface area (Å²) in [6.07, 6.45) is 12.8. The number of fused-ring (bicyclic) bond motifs is 3. The minimum absolute atomic E-state index is 0.0517. The lowest BCUT2D eigenvalue weighted by molar-refractivity contribution is -0.113. The van der Waals surface area contributed by atoms with Crippen LogP contribution in [0.1, 0.15) is 31.7 Å². The van der Waals surface area contributed by atoms with Crippen LogP contribution in [0.15, 0.2) is 53.2 Å². The van der Waals surface area contributed by atoms with Crippen molar-refractivity contribution in [3.8, 4) is 0 Å². The summed E-state index contributed by atoms with van der Waals surface area (Å²) in [4.78, 5) is 17.4. The Hall–Kier alpha value is -2.36. The zero-order valence-corrected chi connectivity index (χ0v) is 14.6. The zero-order chi connectivity index (χ0) is 17.2. The van der Waals surface area contributed by atoms with Gasteiger partial charge in [-0.1, -0.05) is 37.6 Å². The van der Waals surface area contributed by atoms with Gasteiger partial charge in [0.2, 0.25) is 0 Å². The van der Waals surface area contributed by atoms with Gasteiger partial charge in [0.15, 0.2) is 0 Å². The molecular formula is C21H25N3O. The average Bonchev–Trinajstić information content (AvgIpc) is 2.99. The van der Waals surface area contributed by atoms with E-state index in [2.05, 4.69) is 47.9 Å². The maximum Gasteiger partial charge on any atom is 0.271 e. The molecule has 1 saturated carbocycles. The number of carbonyl (C=O) groups is 1. The van der Waals surface area contributed by atoms with Crippen LogP contribution in [0.25, 0.3) is 0 Å². The highest BCUT2D eigenvalue weighted by Gasteiger charge is 2.40. The molecule has 4 unspecified atom stereocenters. The Bertz CT molecular complexity index is 732. The Morgan fingerprint density at radius 3 is 2.84 bits per heavy atom. The van der Waals surface area contributed by atoms with Crippen molar-refractivity contribution < 1.29 is 4.79 Å². The maximum atomic E-state index is 12.7. The minimum Gasteiger partial charge on any atom is -0.375 e. The number of anilines is 1. The quantitative estimate of drug-likeness (QED) is 0.889. The van der Waals surface area contributed by atoms with Crippen LogP contribution in [0.4, 0.5) is 5.69 Å². The van der Waals surface area contributed by atoms with Crippen molar-refractivity contribution in [1.29, 1.82) is 0 Å². The van der Waals surface area contributed by atoms with Crippen LogP contribution in [0.5, 0.6) is 0 Å². The van der Waals surface area contributed by atoms with Crippen LogP contribution in [0.2, 0.25) is 0 Å². The van der Waals surface area contributed by atoms with E-state index in [4.69, 9.17) is 4.99 Å². The summed E-state index contributed by atoms with van der Waals surface area (Å²) in [7, 11) is 0. The number of hydrogen-bond acceptors (Lipinski definition) is 3. The molecule has 1 amide bonds. The number of dihydropyridines is 1. The minimum atomic E-state index is -0.0517. The molecule has 130 valence electrons. The Balaban J connectivity index is 1.46. The Morgan fingerprint density at radius 2 is 2.04 bits per heavy atom. The van der Waals surface area contributed by atoms with Crippen LogP contribution in [0, 0.1) is 11.8 Å². The molecule has 3 aliphatic rings. The molecule has 4 rings (SSSR count). The third kappa shape index (κ3) is 3.26. The van der Waals surface area contributed by atoms with E-state index < -0.39 is 0 Å². The molecule has 4 heteroatoms. The normalized spacial score (nSPS) is 29.9. The molecule has 1 aliphatic carbocycles. The van der Waals surface area contributed by atoms with Crippen molar-refractivity contribution in [2.24, 2.45) is 16.8 Å². The molecule has 0 bridgehead atoms. The lowest BCUT2D eigenvalue weighted by Crippen LogP contribution is -2.43. The SMILES string of the molecule is CCc1ccc(NC(=O)C2=CC3CCCC4C=CC=NC4C3N2)cc1. The summed E-state index contributed by atoms with van der Waals surface area (Å²) in [6.45, 7) is 2.13. The lowest BCUT2D eigenvalue weighted by Gasteiger charge is -2.29. The molecule has 1 fully saturated rings. The van der Waals surface area contributed by atoms with Gasteiger partial charge in [-0.3, -0.25) is 9.79 Å². The van der Waals surface area contributed by atoms with E-state index in [-0.39, 0.29) is 18.0 Å². The Labute approximate surface area is 149 Å². The molecule has 2 N–H and O–H groups in total. The molecule has 0 saturated heterocycles. The molecule has 0 aromatic heterocycles. The van der Waals surface area contributed by atoms with Gasteiger partial charge in [-0.05, 0) is 43.0 Å². The first-order chi connectivity index (χ1) is 12.2. The van der Waals surface area contributed by atoms with Crippen LogP contribution in [-0.2, 0) is 11.2 Å². The fourth-order valence-corrected chi connectivity index (χ4v) is 4.20. The zero-order valence-electron chi connectivity index (χ0n) is 14.6. The van der Waals surface area contributed by atoms with Gasteiger partial charge in [0.25, 0.3) is 5.91 Å². The summed E-state index contributed by atoms with van der Waals surface area (Å²) >= 11 is 0. The van der Waals surface area contributed by atoms with Crippen molar-refractivity contribution in [3.05, 3.63) is 53.8 Å². The molecule has 0 radical (unpaired) electrons. The molecule has 25 heavy (non-hydrogen) atoms. The van der Waals surface area contributed by atoms with Gasteiger partial charge in [-0.2, -0.15) is 0 Å². The van der Waals surface area contributed by atoms with Crippen molar-refractivity contribution in [3.63, 3.8) is 0 Å². The second-order valence-electron chi connectivity index (χ2n) is 7.19. The van der Waals surface area contributed by atoms with E-state index in [1.807, 2.05) is 18.3 Å². The Kier molecular flexibility index (Phi) is 4.43. The van der Waals surface area contributed by atoms with Gasteiger partial charge in [-0.25, -0.2) is 0 Å². The summed E-state index contributed by atoms with van der Waals surface area (Å²) in [5.74, 6) is 0.830. The molecule has 0 spiro atoms. The van der Waals surface area contributed by atoms with Gasteiger partial charge >= 0.3 is 0 Å². The molecule has 4 atom stereocenters. The summed E-state index contributed by atoms with van der Waals surface area (Å²) in [6, 6.07) is 8.53. The number of nitrogens with one attached hydrogen (secondary N) is 2. The predicted molar refractivity (Wildman–Crippen MR) is 102 cm³/mol.